The third-order valence-corrected chi connectivity index (χ3v) is 4.65. The molecule has 0 amide bonds. The first-order chi connectivity index (χ1) is 8.88. The predicted molar refractivity (Wildman–Crippen MR) is 76.8 cm³/mol. The largest absolute Gasteiger partial charge is 0.313 e. The molecular formula is C17H25N. The van der Waals surface area contributed by atoms with Crippen molar-refractivity contribution in [2.24, 2.45) is 11.8 Å². The van der Waals surface area contributed by atoms with E-state index >= 15 is 0 Å². The van der Waals surface area contributed by atoms with Crippen LogP contribution in [0.3, 0.4) is 0 Å². The summed E-state index contributed by atoms with van der Waals surface area (Å²) in [6, 6.07) is 9.83. The Morgan fingerprint density at radius 3 is 2.61 bits per heavy atom. The Hall–Kier alpha value is -0.820. The molecule has 0 aromatic heterocycles. The number of fused-ring (bicyclic) bond motifs is 1. The van der Waals surface area contributed by atoms with Gasteiger partial charge in [-0.2, -0.15) is 0 Å². The zero-order valence-electron chi connectivity index (χ0n) is 11.5. The highest BCUT2D eigenvalue weighted by atomic mass is 14.9. The monoisotopic (exact) mass is 243 g/mol. The van der Waals surface area contributed by atoms with E-state index in [1.807, 2.05) is 0 Å². The number of rotatable bonds is 5. The van der Waals surface area contributed by atoms with Crippen molar-refractivity contribution in [2.45, 2.75) is 51.5 Å². The fraction of sp³-hybridized carbons (Fsp3) is 0.647. The van der Waals surface area contributed by atoms with E-state index in [1.165, 1.54) is 45.1 Å². The molecule has 2 atom stereocenters. The highest BCUT2D eigenvalue weighted by Gasteiger charge is 2.37. The van der Waals surface area contributed by atoms with Crippen molar-refractivity contribution in [3.63, 3.8) is 0 Å². The second-order valence-corrected chi connectivity index (χ2v) is 6.09. The standard InChI is InChI=1S/C17H25N/c1-2-11-18-17(14-8-9-14)16-10-7-13-5-3-4-6-15(13)12-16/h3-6,14,16-18H,2,7-12H2,1H3. The Morgan fingerprint density at radius 2 is 1.89 bits per heavy atom. The van der Waals surface area contributed by atoms with Gasteiger partial charge in [0.25, 0.3) is 0 Å². The first kappa shape index (κ1) is 12.2. The second kappa shape index (κ2) is 5.44. The van der Waals surface area contributed by atoms with E-state index in [2.05, 4.69) is 36.5 Å². The van der Waals surface area contributed by atoms with E-state index < -0.39 is 0 Å². The summed E-state index contributed by atoms with van der Waals surface area (Å²) in [5.41, 5.74) is 3.21. The van der Waals surface area contributed by atoms with Crippen LogP contribution in [0.1, 0.15) is 43.7 Å². The van der Waals surface area contributed by atoms with Gasteiger partial charge >= 0.3 is 0 Å². The Kier molecular flexibility index (Phi) is 3.69. The minimum absolute atomic E-state index is 0.790. The molecule has 2 aliphatic rings. The molecule has 1 N–H and O–H groups in total. The molecule has 0 bridgehead atoms. The van der Waals surface area contributed by atoms with Crippen molar-refractivity contribution in [3.8, 4) is 0 Å². The number of hydrogen-bond donors (Lipinski definition) is 1. The smallest absolute Gasteiger partial charge is 0.0127 e. The number of nitrogens with one attached hydrogen (secondary N) is 1. The van der Waals surface area contributed by atoms with Gasteiger partial charge in [-0.1, -0.05) is 31.2 Å². The van der Waals surface area contributed by atoms with Gasteiger partial charge in [-0.05, 0) is 68.0 Å². The first-order valence-electron chi connectivity index (χ1n) is 7.68. The zero-order chi connectivity index (χ0) is 12.4. The van der Waals surface area contributed by atoms with Crippen LogP contribution >= 0.6 is 0 Å². The average Bonchev–Trinajstić information content (AvgIpc) is 3.24. The van der Waals surface area contributed by atoms with Crippen molar-refractivity contribution >= 4 is 0 Å². The van der Waals surface area contributed by atoms with Crippen LogP contribution in [-0.2, 0) is 12.8 Å². The van der Waals surface area contributed by atoms with Gasteiger partial charge in [0.05, 0.1) is 0 Å². The van der Waals surface area contributed by atoms with Crippen molar-refractivity contribution in [3.05, 3.63) is 35.4 Å². The molecule has 0 aliphatic heterocycles. The predicted octanol–water partition coefficient (Wildman–Crippen LogP) is 3.57. The van der Waals surface area contributed by atoms with E-state index in [4.69, 9.17) is 0 Å². The van der Waals surface area contributed by atoms with Crippen LogP contribution in [0.2, 0.25) is 0 Å². The summed E-state index contributed by atoms with van der Waals surface area (Å²) >= 11 is 0. The third-order valence-electron chi connectivity index (χ3n) is 4.65. The Morgan fingerprint density at radius 1 is 1.11 bits per heavy atom. The molecule has 1 aromatic rings. The minimum atomic E-state index is 0.790. The summed E-state index contributed by atoms with van der Waals surface area (Å²) in [7, 11) is 0. The van der Waals surface area contributed by atoms with Gasteiger partial charge in [0.2, 0.25) is 0 Å². The topological polar surface area (TPSA) is 12.0 Å². The van der Waals surface area contributed by atoms with Gasteiger partial charge in [-0.15, -0.1) is 0 Å². The summed E-state index contributed by atoms with van der Waals surface area (Å²) in [6.45, 7) is 3.46. The van der Waals surface area contributed by atoms with E-state index in [0.717, 1.165) is 17.9 Å². The van der Waals surface area contributed by atoms with Crippen LogP contribution in [0, 0.1) is 11.8 Å². The lowest BCUT2D eigenvalue weighted by Crippen LogP contribution is -2.41. The van der Waals surface area contributed by atoms with Gasteiger partial charge in [0, 0.05) is 6.04 Å². The maximum atomic E-state index is 3.83. The van der Waals surface area contributed by atoms with Crippen LogP contribution in [0.15, 0.2) is 24.3 Å². The van der Waals surface area contributed by atoms with Gasteiger partial charge in [0.15, 0.2) is 0 Å². The lowest BCUT2D eigenvalue weighted by Gasteiger charge is -2.32. The SMILES string of the molecule is CCCNC(C1CC1)C1CCc2ccccc2C1. The van der Waals surface area contributed by atoms with Crippen LogP contribution < -0.4 is 5.32 Å². The Labute approximate surface area is 111 Å². The summed E-state index contributed by atoms with van der Waals surface area (Å²) < 4.78 is 0. The van der Waals surface area contributed by atoms with Crippen LogP contribution in [-0.4, -0.2) is 12.6 Å². The van der Waals surface area contributed by atoms with Gasteiger partial charge in [-0.3, -0.25) is 0 Å². The summed E-state index contributed by atoms with van der Waals surface area (Å²) in [5.74, 6) is 1.85. The van der Waals surface area contributed by atoms with Crippen molar-refractivity contribution in [1.82, 2.24) is 5.32 Å². The molecule has 98 valence electrons. The normalized spacial score (nSPS) is 24.6. The molecule has 1 saturated carbocycles. The zero-order valence-corrected chi connectivity index (χ0v) is 11.5. The van der Waals surface area contributed by atoms with E-state index in [1.54, 1.807) is 11.1 Å². The Bertz CT molecular complexity index is 394. The molecule has 1 nitrogen and oxygen atoms in total. The first-order valence-corrected chi connectivity index (χ1v) is 7.68. The molecule has 0 radical (unpaired) electrons. The lowest BCUT2D eigenvalue weighted by atomic mass is 9.78. The van der Waals surface area contributed by atoms with E-state index in [0.29, 0.717) is 0 Å². The third kappa shape index (κ3) is 2.61. The molecule has 1 aromatic carbocycles. The van der Waals surface area contributed by atoms with Crippen molar-refractivity contribution < 1.29 is 0 Å². The summed E-state index contributed by atoms with van der Waals surface area (Å²) in [5, 5.41) is 3.83. The molecule has 2 unspecified atom stereocenters. The molecule has 3 rings (SSSR count). The van der Waals surface area contributed by atoms with Crippen LogP contribution in [0.5, 0.6) is 0 Å². The highest BCUT2D eigenvalue weighted by Crippen LogP contribution is 2.39. The Balaban J connectivity index is 1.69. The summed E-state index contributed by atoms with van der Waals surface area (Å²) in [4.78, 5) is 0. The maximum absolute atomic E-state index is 3.83. The quantitative estimate of drug-likeness (QED) is 0.833. The van der Waals surface area contributed by atoms with Crippen LogP contribution in [0.4, 0.5) is 0 Å². The van der Waals surface area contributed by atoms with Crippen molar-refractivity contribution in [2.75, 3.05) is 6.54 Å². The molecular weight excluding hydrogens is 218 g/mol. The molecule has 2 aliphatic carbocycles. The fourth-order valence-corrected chi connectivity index (χ4v) is 3.52. The molecule has 0 spiro atoms. The number of aryl methyl sites for hydroxylation is 1. The van der Waals surface area contributed by atoms with E-state index in [9.17, 15) is 0 Å². The van der Waals surface area contributed by atoms with E-state index in [-0.39, 0.29) is 0 Å². The maximum Gasteiger partial charge on any atom is 0.0127 e. The van der Waals surface area contributed by atoms with Gasteiger partial charge in [-0.25, -0.2) is 0 Å². The fourth-order valence-electron chi connectivity index (χ4n) is 3.52. The summed E-state index contributed by atoms with van der Waals surface area (Å²) in [6.07, 6.45) is 8.15. The number of hydrogen-bond acceptors (Lipinski definition) is 1. The molecule has 1 heteroatoms. The highest BCUT2D eigenvalue weighted by molar-refractivity contribution is 5.30. The van der Waals surface area contributed by atoms with Crippen LogP contribution in [0.25, 0.3) is 0 Å². The van der Waals surface area contributed by atoms with Crippen molar-refractivity contribution in [1.29, 1.82) is 0 Å². The number of benzene rings is 1. The molecule has 1 fully saturated rings. The molecule has 0 saturated heterocycles. The lowest BCUT2D eigenvalue weighted by molar-refractivity contribution is 0.292. The minimum Gasteiger partial charge on any atom is -0.313 e. The van der Waals surface area contributed by atoms with Gasteiger partial charge < -0.3 is 5.32 Å². The second-order valence-electron chi connectivity index (χ2n) is 6.09. The molecule has 18 heavy (non-hydrogen) atoms. The van der Waals surface area contributed by atoms with Gasteiger partial charge in [0.1, 0.15) is 0 Å². The molecule has 0 heterocycles. The average molecular weight is 243 g/mol.